The maximum Gasteiger partial charge on any atom is 0.223 e. The highest BCUT2D eigenvalue weighted by molar-refractivity contribution is 5.94. The maximum atomic E-state index is 12.8. The molecule has 32 heavy (non-hydrogen) atoms. The van der Waals surface area contributed by atoms with E-state index in [0.29, 0.717) is 19.6 Å². The first kappa shape index (κ1) is 22.2. The van der Waals surface area contributed by atoms with Crippen molar-refractivity contribution in [2.75, 3.05) is 27.4 Å². The molecule has 1 saturated heterocycles. The first-order valence-corrected chi connectivity index (χ1v) is 11.3. The Bertz CT molecular complexity index is 1090. The topological polar surface area (TPSA) is 63.8 Å². The number of amides is 1. The lowest BCUT2D eigenvalue weighted by Crippen LogP contribution is -2.29. The van der Waals surface area contributed by atoms with Gasteiger partial charge >= 0.3 is 0 Å². The predicted molar refractivity (Wildman–Crippen MR) is 126 cm³/mol. The van der Waals surface area contributed by atoms with Gasteiger partial charge in [-0.3, -0.25) is 4.79 Å². The van der Waals surface area contributed by atoms with Crippen molar-refractivity contribution >= 4 is 16.8 Å². The van der Waals surface area contributed by atoms with Crippen LogP contribution in [-0.4, -0.2) is 49.3 Å². The Labute approximate surface area is 189 Å². The number of ether oxygens (including phenoxy) is 3. The predicted octanol–water partition coefficient (Wildman–Crippen LogP) is 5.33. The molecule has 1 fully saturated rings. The fraction of sp³-hybridized carbons (Fsp3) is 0.423. The number of rotatable bonds is 9. The van der Waals surface area contributed by atoms with Gasteiger partial charge in [0.25, 0.3) is 0 Å². The number of hydrogen-bond donors (Lipinski definition) is 1. The molecule has 1 atom stereocenters. The Kier molecular flexibility index (Phi) is 6.70. The maximum absolute atomic E-state index is 12.8. The van der Waals surface area contributed by atoms with Gasteiger partial charge in [-0.05, 0) is 51.0 Å². The van der Waals surface area contributed by atoms with Crippen molar-refractivity contribution in [1.29, 1.82) is 0 Å². The molecule has 1 unspecified atom stereocenters. The highest BCUT2D eigenvalue weighted by Gasteiger charge is 2.35. The summed E-state index contributed by atoms with van der Waals surface area (Å²) in [6.45, 7) is 5.40. The van der Waals surface area contributed by atoms with Crippen molar-refractivity contribution in [3.63, 3.8) is 0 Å². The highest BCUT2D eigenvalue weighted by atomic mass is 16.5. The van der Waals surface area contributed by atoms with E-state index in [0.717, 1.165) is 52.1 Å². The number of para-hydroxylation sites is 1. The summed E-state index contributed by atoms with van der Waals surface area (Å²) in [5, 5.41) is 1.13. The lowest BCUT2D eigenvalue weighted by atomic mass is 9.96. The van der Waals surface area contributed by atoms with Crippen LogP contribution in [0.1, 0.15) is 44.7 Å². The average molecular weight is 437 g/mol. The molecule has 1 aliphatic rings. The summed E-state index contributed by atoms with van der Waals surface area (Å²) < 4.78 is 16.9. The first-order chi connectivity index (χ1) is 15.5. The largest absolute Gasteiger partial charge is 0.497 e. The van der Waals surface area contributed by atoms with E-state index in [-0.39, 0.29) is 18.1 Å². The van der Waals surface area contributed by atoms with Crippen molar-refractivity contribution in [1.82, 2.24) is 9.88 Å². The van der Waals surface area contributed by atoms with Gasteiger partial charge in [-0.15, -0.1) is 0 Å². The summed E-state index contributed by atoms with van der Waals surface area (Å²) in [6, 6.07) is 14.1. The smallest absolute Gasteiger partial charge is 0.223 e. The number of carbonyl (C=O) groups is 1. The van der Waals surface area contributed by atoms with E-state index in [1.165, 1.54) is 0 Å². The first-order valence-electron chi connectivity index (χ1n) is 11.3. The number of benzene rings is 2. The van der Waals surface area contributed by atoms with Gasteiger partial charge in [0.05, 0.1) is 32.1 Å². The molecule has 1 aliphatic heterocycles. The van der Waals surface area contributed by atoms with Crippen LogP contribution in [0.25, 0.3) is 22.2 Å². The average Bonchev–Trinajstić information content (AvgIpc) is 3.36. The van der Waals surface area contributed by atoms with Gasteiger partial charge in [0.2, 0.25) is 5.91 Å². The lowest BCUT2D eigenvalue weighted by Gasteiger charge is -2.26. The van der Waals surface area contributed by atoms with Crippen LogP contribution < -0.4 is 9.47 Å². The minimum absolute atomic E-state index is 0.00334. The number of hydrogen-bond acceptors (Lipinski definition) is 4. The Balaban J connectivity index is 1.78. The number of nitrogens with zero attached hydrogens (tertiary/aromatic N) is 1. The fourth-order valence-electron chi connectivity index (χ4n) is 4.60. The lowest BCUT2D eigenvalue weighted by molar-refractivity contribution is -0.129. The molecule has 1 amide bonds. The molecule has 0 aliphatic carbocycles. The van der Waals surface area contributed by atoms with E-state index >= 15 is 0 Å². The molecule has 3 aromatic rings. The summed E-state index contributed by atoms with van der Waals surface area (Å²) in [5.41, 5.74) is 4.10. The monoisotopic (exact) mass is 436 g/mol. The van der Waals surface area contributed by atoms with Gasteiger partial charge in [-0.25, -0.2) is 0 Å². The molecule has 1 aromatic heterocycles. The van der Waals surface area contributed by atoms with Crippen molar-refractivity contribution < 1.29 is 19.0 Å². The van der Waals surface area contributed by atoms with E-state index in [2.05, 4.69) is 17.1 Å². The normalized spacial score (nSPS) is 16.3. The summed E-state index contributed by atoms with van der Waals surface area (Å²) in [5.74, 6) is 1.73. The molecule has 1 N–H and O–H groups in total. The van der Waals surface area contributed by atoms with Crippen LogP contribution in [0.3, 0.4) is 0 Å². The van der Waals surface area contributed by atoms with Crippen LogP contribution in [0, 0.1) is 0 Å². The van der Waals surface area contributed by atoms with Crippen LogP contribution in [0.5, 0.6) is 11.5 Å². The summed E-state index contributed by atoms with van der Waals surface area (Å²) in [4.78, 5) is 18.5. The molecule has 2 aromatic carbocycles. The Morgan fingerprint density at radius 1 is 1.12 bits per heavy atom. The minimum atomic E-state index is 0.00334. The number of aromatic nitrogens is 1. The van der Waals surface area contributed by atoms with Gasteiger partial charge < -0.3 is 24.1 Å². The van der Waals surface area contributed by atoms with Gasteiger partial charge in [0, 0.05) is 41.6 Å². The van der Waals surface area contributed by atoms with Gasteiger partial charge in [0.1, 0.15) is 11.5 Å². The minimum Gasteiger partial charge on any atom is -0.497 e. The van der Waals surface area contributed by atoms with Crippen molar-refractivity contribution in [3.05, 3.63) is 48.0 Å². The van der Waals surface area contributed by atoms with Crippen LogP contribution in [0.4, 0.5) is 0 Å². The molecule has 0 saturated carbocycles. The molecule has 4 rings (SSSR count). The third-order valence-corrected chi connectivity index (χ3v) is 6.08. The van der Waals surface area contributed by atoms with Crippen molar-refractivity contribution in [2.45, 2.75) is 45.3 Å². The van der Waals surface area contributed by atoms with Gasteiger partial charge in [0.15, 0.2) is 0 Å². The summed E-state index contributed by atoms with van der Waals surface area (Å²) in [7, 11) is 3.34. The quantitative estimate of drug-likeness (QED) is 0.461. The number of fused-ring (bicyclic) bond motifs is 1. The number of methoxy groups -OCH3 is 2. The molecule has 170 valence electrons. The Hall–Kier alpha value is -2.99. The highest BCUT2D eigenvalue weighted by Crippen LogP contribution is 2.45. The van der Waals surface area contributed by atoms with Gasteiger partial charge in [-0.2, -0.15) is 0 Å². The van der Waals surface area contributed by atoms with Gasteiger partial charge in [-0.1, -0.05) is 18.2 Å². The van der Waals surface area contributed by atoms with Crippen molar-refractivity contribution in [2.24, 2.45) is 0 Å². The zero-order chi connectivity index (χ0) is 22.7. The Morgan fingerprint density at radius 3 is 2.69 bits per heavy atom. The zero-order valence-corrected chi connectivity index (χ0v) is 19.3. The van der Waals surface area contributed by atoms with Crippen LogP contribution in [0.15, 0.2) is 42.5 Å². The number of aromatic amines is 1. The summed E-state index contributed by atoms with van der Waals surface area (Å²) >= 11 is 0. The molecule has 0 spiro atoms. The molecule has 0 radical (unpaired) electrons. The molecular formula is C26H32N2O4. The molecule has 0 bridgehead atoms. The standard InChI is InChI=1S/C26H32N2O4/c1-17(2)32-15-7-14-28-22(11-13-24(28)29)25-19-8-5-6-9-21(19)27-26(25)20-16-18(30-3)10-12-23(20)31-4/h5-6,8-10,12,16-17,22,27H,7,11,13-15H2,1-4H3. The SMILES string of the molecule is COc1ccc(OC)c(-c2[nH]c3ccccc3c2C2CCC(=O)N2CCCOC(C)C)c1. The van der Waals surface area contributed by atoms with E-state index in [4.69, 9.17) is 14.2 Å². The second-order valence-electron chi connectivity index (χ2n) is 8.44. The van der Waals surface area contributed by atoms with E-state index in [9.17, 15) is 4.79 Å². The Morgan fingerprint density at radius 2 is 1.94 bits per heavy atom. The van der Waals surface area contributed by atoms with Crippen LogP contribution in [-0.2, 0) is 9.53 Å². The number of carbonyl (C=O) groups excluding carboxylic acids is 1. The number of H-pyrrole nitrogens is 1. The third-order valence-electron chi connectivity index (χ3n) is 6.08. The van der Waals surface area contributed by atoms with Crippen molar-refractivity contribution in [3.8, 4) is 22.8 Å². The summed E-state index contributed by atoms with van der Waals surface area (Å²) in [6.07, 6.45) is 2.37. The molecule has 6 heteroatoms. The van der Waals surface area contributed by atoms with E-state index in [1.54, 1.807) is 14.2 Å². The van der Waals surface area contributed by atoms with E-state index in [1.807, 2.05) is 49.1 Å². The van der Waals surface area contributed by atoms with E-state index < -0.39 is 0 Å². The second kappa shape index (κ2) is 9.65. The molecule has 6 nitrogen and oxygen atoms in total. The second-order valence-corrected chi connectivity index (χ2v) is 8.44. The zero-order valence-electron chi connectivity index (χ0n) is 19.3. The molecule has 2 heterocycles. The number of nitrogens with one attached hydrogen (secondary N) is 1. The number of likely N-dealkylation sites (tertiary alicyclic amines) is 1. The van der Waals surface area contributed by atoms with Crippen LogP contribution in [0.2, 0.25) is 0 Å². The third kappa shape index (κ3) is 4.32. The van der Waals surface area contributed by atoms with Crippen LogP contribution >= 0.6 is 0 Å². The molecular weight excluding hydrogens is 404 g/mol. The fourth-order valence-corrected chi connectivity index (χ4v) is 4.60.